The molecule has 1 aliphatic carbocycles. The van der Waals surface area contributed by atoms with Gasteiger partial charge in [-0.2, -0.15) is 5.26 Å². The number of rotatable bonds is 8. The van der Waals surface area contributed by atoms with E-state index in [1.165, 1.54) is 18.3 Å². The molecule has 2 aliphatic rings. The van der Waals surface area contributed by atoms with Crippen LogP contribution in [-0.4, -0.2) is 29.4 Å². The highest BCUT2D eigenvalue weighted by Gasteiger charge is 2.38. The van der Waals surface area contributed by atoms with Crippen LogP contribution in [0.1, 0.15) is 51.7 Å². The Hall–Kier alpha value is -3.48. The molecule has 7 nitrogen and oxygen atoms in total. The number of anilines is 2. The van der Waals surface area contributed by atoms with E-state index < -0.39 is 5.44 Å². The van der Waals surface area contributed by atoms with Gasteiger partial charge in [-0.05, 0) is 62.4 Å². The maximum Gasteiger partial charge on any atom is 0.123 e. The van der Waals surface area contributed by atoms with Gasteiger partial charge in [0.15, 0.2) is 0 Å². The van der Waals surface area contributed by atoms with Crippen LogP contribution < -0.4 is 21.6 Å². The van der Waals surface area contributed by atoms with Crippen molar-refractivity contribution < 1.29 is 4.39 Å². The minimum atomic E-state index is -1.26. The minimum Gasteiger partial charge on any atom is -0.378 e. The molecule has 0 amide bonds. The maximum atomic E-state index is 13.8. The van der Waals surface area contributed by atoms with Crippen molar-refractivity contribution in [2.24, 2.45) is 5.92 Å². The molecule has 1 unspecified atom stereocenters. The number of hydrogen-bond acceptors (Lipinski definition) is 7. The number of nitrogens with zero attached hydrogens (tertiary/aromatic N) is 3. The quantitative estimate of drug-likeness (QED) is 0.286. The van der Waals surface area contributed by atoms with Gasteiger partial charge in [0.25, 0.3) is 0 Å². The topological polar surface area (TPSA) is 88.0 Å². The molecule has 1 aromatic heterocycles. The highest BCUT2D eigenvalue weighted by Crippen LogP contribution is 2.39. The second kappa shape index (κ2) is 9.68. The highest BCUT2D eigenvalue weighted by molar-refractivity contribution is 6.36. The van der Waals surface area contributed by atoms with E-state index in [1.807, 2.05) is 17.3 Å². The van der Waals surface area contributed by atoms with Gasteiger partial charge in [-0.3, -0.25) is 9.99 Å². The largest absolute Gasteiger partial charge is 0.378 e. The van der Waals surface area contributed by atoms with Gasteiger partial charge in [-0.15, -0.1) is 5.53 Å². The molecule has 2 heterocycles. The van der Waals surface area contributed by atoms with Crippen molar-refractivity contribution >= 4 is 41.7 Å². The fourth-order valence-corrected chi connectivity index (χ4v) is 4.60. The van der Waals surface area contributed by atoms with Crippen LogP contribution >= 0.6 is 11.6 Å². The van der Waals surface area contributed by atoms with Crippen molar-refractivity contribution in [1.29, 1.82) is 5.26 Å². The summed E-state index contributed by atoms with van der Waals surface area (Å²) in [6, 6.07) is 12.4. The number of pyridine rings is 1. The molecule has 1 atom stereocenters. The predicted molar refractivity (Wildman–Crippen MR) is 151 cm³/mol. The molecule has 2 radical (unpaired) electrons. The molecule has 1 fully saturated rings. The SMILES string of the molecule is [B]C(Nc1cc(Cl)c2ncc(C#N)c(NC(C)(C)C(C)C)c2c1)(C1=CN(C2CC2)NN1)c1ccc(F)cc1. The Balaban J connectivity index is 1.62. The maximum absolute atomic E-state index is 13.8. The van der Waals surface area contributed by atoms with E-state index in [-0.39, 0.29) is 17.3 Å². The first-order valence-corrected chi connectivity index (χ1v) is 13.1. The van der Waals surface area contributed by atoms with Gasteiger partial charge in [-0.1, -0.05) is 37.6 Å². The number of hydrazine groups is 2. The molecular weight excluding hydrogens is 500 g/mol. The minimum absolute atomic E-state index is 0.284. The molecule has 4 N–H and O–H groups in total. The Labute approximate surface area is 228 Å². The Morgan fingerprint density at radius 1 is 1.21 bits per heavy atom. The third-order valence-electron chi connectivity index (χ3n) is 7.53. The summed E-state index contributed by atoms with van der Waals surface area (Å²) in [5.41, 5.74) is 8.35. The first kappa shape index (κ1) is 26.1. The van der Waals surface area contributed by atoms with E-state index in [1.54, 1.807) is 18.2 Å². The van der Waals surface area contributed by atoms with Gasteiger partial charge in [0.1, 0.15) is 19.7 Å². The summed E-state index contributed by atoms with van der Waals surface area (Å²) in [5.74, 6) is -0.0685. The van der Waals surface area contributed by atoms with Crippen LogP contribution in [0.25, 0.3) is 10.9 Å². The molecule has 194 valence electrons. The first-order chi connectivity index (χ1) is 18.0. The summed E-state index contributed by atoms with van der Waals surface area (Å²) >= 11 is 6.74. The molecule has 38 heavy (non-hydrogen) atoms. The third kappa shape index (κ3) is 4.86. The van der Waals surface area contributed by atoms with Crippen molar-refractivity contribution in [3.05, 3.63) is 76.5 Å². The fraction of sp³-hybridized carbons (Fsp3) is 0.357. The van der Waals surface area contributed by atoms with Crippen LogP contribution in [0.4, 0.5) is 15.8 Å². The molecule has 0 bridgehead atoms. The van der Waals surface area contributed by atoms with Crippen molar-refractivity contribution in [1.82, 2.24) is 21.0 Å². The number of halogens is 2. The summed E-state index contributed by atoms with van der Waals surface area (Å²) in [7, 11) is 7.06. The number of fused-ring (bicyclic) bond motifs is 1. The molecule has 1 aliphatic heterocycles. The second-order valence-electron chi connectivity index (χ2n) is 10.9. The Morgan fingerprint density at radius 3 is 2.55 bits per heavy atom. The summed E-state index contributed by atoms with van der Waals surface area (Å²) < 4.78 is 13.8. The lowest BCUT2D eigenvalue weighted by atomic mass is 9.69. The van der Waals surface area contributed by atoms with E-state index in [0.29, 0.717) is 50.2 Å². The average Bonchev–Trinajstić information content (AvgIpc) is 3.60. The van der Waals surface area contributed by atoms with Crippen LogP contribution in [0.3, 0.4) is 0 Å². The number of nitrogens with one attached hydrogen (secondary N) is 4. The molecule has 5 rings (SSSR count). The second-order valence-corrected chi connectivity index (χ2v) is 11.3. The zero-order chi connectivity index (χ0) is 27.2. The Bertz CT molecular complexity index is 1450. The summed E-state index contributed by atoms with van der Waals surface area (Å²) in [6.07, 6.45) is 5.66. The van der Waals surface area contributed by atoms with E-state index >= 15 is 0 Å². The van der Waals surface area contributed by atoms with Crippen LogP contribution in [0.2, 0.25) is 5.02 Å². The van der Waals surface area contributed by atoms with Crippen molar-refractivity contribution in [2.75, 3.05) is 10.6 Å². The lowest BCUT2D eigenvalue weighted by molar-refractivity contribution is 0.260. The average molecular weight is 530 g/mol. The molecule has 2 aromatic carbocycles. The monoisotopic (exact) mass is 529 g/mol. The van der Waals surface area contributed by atoms with Gasteiger partial charge in [0, 0.05) is 35.1 Å². The molecular formula is C28H30BClFN7. The van der Waals surface area contributed by atoms with Gasteiger partial charge in [0.05, 0.1) is 32.9 Å². The van der Waals surface area contributed by atoms with Crippen LogP contribution in [0, 0.1) is 23.1 Å². The van der Waals surface area contributed by atoms with Crippen molar-refractivity contribution in [2.45, 2.75) is 57.6 Å². The fourth-order valence-electron chi connectivity index (χ4n) is 4.33. The van der Waals surface area contributed by atoms with Crippen LogP contribution in [0.5, 0.6) is 0 Å². The third-order valence-corrected chi connectivity index (χ3v) is 7.82. The number of hydrogen-bond donors (Lipinski definition) is 4. The number of aromatic nitrogens is 1. The van der Waals surface area contributed by atoms with Crippen molar-refractivity contribution in [3.63, 3.8) is 0 Å². The lowest BCUT2D eigenvalue weighted by Gasteiger charge is -2.35. The predicted octanol–water partition coefficient (Wildman–Crippen LogP) is 5.51. The molecule has 3 aromatic rings. The highest BCUT2D eigenvalue weighted by atomic mass is 35.5. The van der Waals surface area contributed by atoms with Gasteiger partial charge in [0.2, 0.25) is 0 Å². The van der Waals surface area contributed by atoms with Crippen LogP contribution in [0.15, 0.2) is 54.5 Å². The summed E-state index contributed by atoms with van der Waals surface area (Å²) in [4.78, 5) is 4.47. The molecule has 1 saturated carbocycles. The van der Waals surface area contributed by atoms with Crippen molar-refractivity contribution in [3.8, 4) is 6.07 Å². The van der Waals surface area contributed by atoms with E-state index in [2.05, 4.69) is 60.3 Å². The van der Waals surface area contributed by atoms with E-state index in [4.69, 9.17) is 19.4 Å². The lowest BCUT2D eigenvalue weighted by Crippen LogP contribution is -2.45. The number of nitriles is 1. The normalized spacial score (nSPS) is 17.1. The van der Waals surface area contributed by atoms with Gasteiger partial charge in [-0.25, -0.2) is 4.39 Å². The van der Waals surface area contributed by atoms with Gasteiger partial charge < -0.3 is 16.1 Å². The van der Waals surface area contributed by atoms with Gasteiger partial charge >= 0.3 is 0 Å². The van der Waals surface area contributed by atoms with E-state index in [9.17, 15) is 9.65 Å². The molecule has 10 heteroatoms. The van der Waals surface area contributed by atoms with Crippen LogP contribution in [-0.2, 0) is 5.44 Å². The Kier molecular flexibility index (Phi) is 6.66. The smallest absolute Gasteiger partial charge is 0.123 e. The van der Waals surface area contributed by atoms with E-state index in [0.717, 1.165) is 12.8 Å². The zero-order valence-electron chi connectivity index (χ0n) is 21.9. The summed E-state index contributed by atoms with van der Waals surface area (Å²) in [6.45, 7) is 8.42. The molecule has 0 spiro atoms. The number of benzene rings is 2. The Morgan fingerprint density at radius 2 is 1.92 bits per heavy atom. The molecule has 0 saturated heterocycles. The zero-order valence-corrected chi connectivity index (χ0v) is 22.6. The first-order valence-electron chi connectivity index (χ1n) is 12.7. The summed E-state index contributed by atoms with van der Waals surface area (Å²) in [5, 5.41) is 20.0. The standard InChI is InChI=1S/C28H30BClFN7/c1-16(2)27(3,4)35-25-17(13-32)14-33-26-22(25)11-20(12-23(26)30)34-28(29,18-5-7-19(31)8-6-18)24-15-38(37-36-24)21-9-10-21/h5-8,11-12,14-16,21,34,36-37H,9-10H2,1-4H3,(H,33,35).